The molecule has 0 radical (unpaired) electrons. The van der Waals surface area contributed by atoms with E-state index < -0.39 is 11.4 Å². The summed E-state index contributed by atoms with van der Waals surface area (Å²) in [4.78, 5) is 36.4. The van der Waals surface area contributed by atoms with Crippen molar-refractivity contribution < 1.29 is 19.5 Å². The molecule has 23 heavy (non-hydrogen) atoms. The summed E-state index contributed by atoms with van der Waals surface area (Å²) in [6.07, 6.45) is 1.10. The molecule has 0 saturated heterocycles. The summed E-state index contributed by atoms with van der Waals surface area (Å²) < 4.78 is 0. The van der Waals surface area contributed by atoms with Gasteiger partial charge in [-0.3, -0.25) is 14.4 Å². The standard InChI is InChI=1S/C17H22N2O4/c1-11(20)19-9-6-12-10-13(4-5-14(12)19)15(21)18-8-7-17(2,3)16(22)23/h4-5,10H,6-9H2,1-3H3,(H,18,21)(H,22,23). The fraction of sp³-hybridized carbons (Fsp3) is 0.471. The van der Waals surface area contributed by atoms with Crippen LogP contribution in [0, 0.1) is 5.41 Å². The van der Waals surface area contributed by atoms with E-state index >= 15 is 0 Å². The van der Waals surface area contributed by atoms with E-state index in [2.05, 4.69) is 5.32 Å². The zero-order valence-electron chi connectivity index (χ0n) is 13.7. The van der Waals surface area contributed by atoms with E-state index in [4.69, 9.17) is 5.11 Å². The van der Waals surface area contributed by atoms with Gasteiger partial charge in [-0.15, -0.1) is 0 Å². The Kier molecular flexibility index (Phi) is 4.73. The number of carbonyl (C=O) groups is 3. The van der Waals surface area contributed by atoms with Crippen molar-refractivity contribution >= 4 is 23.5 Å². The van der Waals surface area contributed by atoms with Crippen LogP contribution in [0.2, 0.25) is 0 Å². The first-order valence-electron chi connectivity index (χ1n) is 7.65. The second-order valence-electron chi connectivity index (χ2n) is 6.46. The summed E-state index contributed by atoms with van der Waals surface area (Å²) in [5, 5.41) is 11.8. The van der Waals surface area contributed by atoms with Crippen LogP contribution in [0.15, 0.2) is 18.2 Å². The molecule has 0 bridgehead atoms. The Labute approximate surface area is 135 Å². The smallest absolute Gasteiger partial charge is 0.309 e. The lowest BCUT2D eigenvalue weighted by Crippen LogP contribution is -2.32. The monoisotopic (exact) mass is 318 g/mol. The molecule has 0 saturated carbocycles. The molecule has 1 aromatic carbocycles. The van der Waals surface area contributed by atoms with Crippen molar-refractivity contribution in [3.8, 4) is 0 Å². The zero-order chi connectivity index (χ0) is 17.2. The third-order valence-corrected chi connectivity index (χ3v) is 4.23. The number of hydrogen-bond donors (Lipinski definition) is 2. The fourth-order valence-corrected chi connectivity index (χ4v) is 2.57. The number of carboxylic acids is 1. The number of carboxylic acid groups (broad SMARTS) is 1. The van der Waals surface area contributed by atoms with Gasteiger partial charge in [0, 0.05) is 31.3 Å². The highest BCUT2D eigenvalue weighted by Gasteiger charge is 2.27. The normalized spacial score (nSPS) is 13.6. The highest BCUT2D eigenvalue weighted by atomic mass is 16.4. The number of nitrogens with zero attached hydrogens (tertiary/aromatic N) is 1. The average molecular weight is 318 g/mol. The molecular weight excluding hydrogens is 296 g/mol. The fourth-order valence-electron chi connectivity index (χ4n) is 2.57. The van der Waals surface area contributed by atoms with Crippen molar-refractivity contribution in [1.82, 2.24) is 5.32 Å². The molecule has 1 aromatic rings. The summed E-state index contributed by atoms with van der Waals surface area (Å²) in [6.45, 7) is 5.73. The molecule has 6 heteroatoms. The molecule has 2 rings (SSSR count). The van der Waals surface area contributed by atoms with Crippen LogP contribution in [-0.4, -0.2) is 36.0 Å². The van der Waals surface area contributed by atoms with Crippen LogP contribution < -0.4 is 10.2 Å². The van der Waals surface area contributed by atoms with Crippen molar-refractivity contribution in [2.45, 2.75) is 33.6 Å². The molecule has 0 spiro atoms. The van der Waals surface area contributed by atoms with Crippen molar-refractivity contribution in [3.05, 3.63) is 29.3 Å². The molecule has 0 fully saturated rings. The topological polar surface area (TPSA) is 86.7 Å². The van der Waals surface area contributed by atoms with Crippen molar-refractivity contribution in [2.24, 2.45) is 5.41 Å². The maximum atomic E-state index is 12.2. The Balaban J connectivity index is 1.99. The number of rotatable bonds is 5. The highest BCUT2D eigenvalue weighted by Crippen LogP contribution is 2.29. The van der Waals surface area contributed by atoms with Crippen LogP contribution in [0.25, 0.3) is 0 Å². The van der Waals surface area contributed by atoms with E-state index in [-0.39, 0.29) is 11.8 Å². The maximum absolute atomic E-state index is 12.2. The van der Waals surface area contributed by atoms with Gasteiger partial charge in [-0.05, 0) is 50.5 Å². The molecule has 1 heterocycles. The Hall–Kier alpha value is -2.37. The van der Waals surface area contributed by atoms with Crippen LogP contribution >= 0.6 is 0 Å². The molecule has 0 aromatic heterocycles. The lowest BCUT2D eigenvalue weighted by Gasteiger charge is -2.19. The quantitative estimate of drug-likeness (QED) is 0.867. The third-order valence-electron chi connectivity index (χ3n) is 4.23. The van der Waals surface area contributed by atoms with Crippen LogP contribution in [0.5, 0.6) is 0 Å². The third kappa shape index (κ3) is 3.70. The number of hydrogen-bond acceptors (Lipinski definition) is 3. The number of aliphatic carboxylic acids is 1. The molecular formula is C17H22N2O4. The van der Waals surface area contributed by atoms with Crippen LogP contribution in [-0.2, 0) is 16.0 Å². The summed E-state index contributed by atoms with van der Waals surface area (Å²) in [5.74, 6) is -1.11. The minimum atomic E-state index is -0.881. The van der Waals surface area contributed by atoms with Gasteiger partial charge in [0.15, 0.2) is 0 Å². The molecule has 2 N–H and O–H groups in total. The summed E-state index contributed by atoms with van der Waals surface area (Å²) >= 11 is 0. The first-order chi connectivity index (χ1) is 10.7. The van der Waals surface area contributed by atoms with E-state index in [1.807, 2.05) is 0 Å². The van der Waals surface area contributed by atoms with Gasteiger partial charge in [-0.25, -0.2) is 0 Å². The summed E-state index contributed by atoms with van der Waals surface area (Å²) in [5.41, 5.74) is 1.51. The van der Waals surface area contributed by atoms with Gasteiger partial charge < -0.3 is 15.3 Å². The van der Waals surface area contributed by atoms with E-state index in [0.717, 1.165) is 17.7 Å². The minimum Gasteiger partial charge on any atom is -0.481 e. The second kappa shape index (κ2) is 6.40. The predicted octanol–water partition coefficient (Wildman–Crippen LogP) is 1.83. The second-order valence-corrected chi connectivity index (χ2v) is 6.46. The number of carbonyl (C=O) groups excluding carboxylic acids is 2. The van der Waals surface area contributed by atoms with E-state index in [1.54, 1.807) is 36.9 Å². The van der Waals surface area contributed by atoms with Gasteiger partial charge in [-0.1, -0.05) is 0 Å². The van der Waals surface area contributed by atoms with E-state index in [0.29, 0.717) is 25.1 Å². The van der Waals surface area contributed by atoms with Gasteiger partial charge >= 0.3 is 5.97 Å². The molecule has 1 aliphatic heterocycles. The van der Waals surface area contributed by atoms with Crippen LogP contribution in [0.4, 0.5) is 5.69 Å². The molecule has 6 nitrogen and oxygen atoms in total. The Bertz CT molecular complexity index is 652. The lowest BCUT2D eigenvalue weighted by molar-refractivity contribution is -0.147. The van der Waals surface area contributed by atoms with Crippen molar-refractivity contribution in [3.63, 3.8) is 0 Å². The first kappa shape index (κ1) is 17.0. The average Bonchev–Trinajstić information content (AvgIpc) is 2.89. The van der Waals surface area contributed by atoms with E-state index in [9.17, 15) is 14.4 Å². The Morgan fingerprint density at radius 1 is 1.30 bits per heavy atom. The van der Waals surface area contributed by atoms with Crippen LogP contribution in [0.3, 0.4) is 0 Å². The number of nitrogens with one attached hydrogen (secondary N) is 1. The summed E-state index contributed by atoms with van der Waals surface area (Å²) in [6, 6.07) is 5.29. The predicted molar refractivity (Wildman–Crippen MR) is 86.5 cm³/mol. The summed E-state index contributed by atoms with van der Waals surface area (Å²) in [7, 11) is 0. The Morgan fingerprint density at radius 2 is 2.00 bits per heavy atom. The van der Waals surface area contributed by atoms with E-state index in [1.165, 1.54) is 6.92 Å². The number of amides is 2. The lowest BCUT2D eigenvalue weighted by atomic mass is 9.89. The number of fused-ring (bicyclic) bond motifs is 1. The largest absolute Gasteiger partial charge is 0.481 e. The van der Waals surface area contributed by atoms with Crippen LogP contribution in [0.1, 0.15) is 43.1 Å². The maximum Gasteiger partial charge on any atom is 0.309 e. The van der Waals surface area contributed by atoms with Gasteiger partial charge in [0.25, 0.3) is 5.91 Å². The SMILES string of the molecule is CC(=O)N1CCc2cc(C(=O)NCCC(C)(C)C(=O)O)ccc21. The molecule has 0 atom stereocenters. The van der Waals surface area contributed by atoms with Gasteiger partial charge in [-0.2, -0.15) is 0 Å². The molecule has 0 aliphatic carbocycles. The van der Waals surface area contributed by atoms with Gasteiger partial charge in [0.2, 0.25) is 5.91 Å². The van der Waals surface area contributed by atoms with Gasteiger partial charge in [0.05, 0.1) is 5.41 Å². The highest BCUT2D eigenvalue weighted by molar-refractivity contribution is 5.97. The Morgan fingerprint density at radius 3 is 2.61 bits per heavy atom. The number of benzene rings is 1. The zero-order valence-corrected chi connectivity index (χ0v) is 13.7. The molecule has 124 valence electrons. The first-order valence-corrected chi connectivity index (χ1v) is 7.65. The van der Waals surface area contributed by atoms with Crippen molar-refractivity contribution in [1.29, 1.82) is 0 Å². The molecule has 1 aliphatic rings. The minimum absolute atomic E-state index is 0.00291. The van der Waals surface area contributed by atoms with Gasteiger partial charge in [0.1, 0.15) is 0 Å². The van der Waals surface area contributed by atoms with Crippen molar-refractivity contribution in [2.75, 3.05) is 18.0 Å². The number of anilines is 1. The molecule has 2 amide bonds. The molecule has 0 unspecified atom stereocenters.